The minimum absolute atomic E-state index is 0.0705. The van der Waals surface area contributed by atoms with Crippen LogP contribution in [0.3, 0.4) is 0 Å². The Labute approximate surface area is 245 Å². The monoisotopic (exact) mass is 559 g/mol. The summed E-state index contributed by atoms with van der Waals surface area (Å²) in [6.07, 6.45) is 15.8. The molecule has 1 heterocycles. The zero-order valence-electron chi connectivity index (χ0n) is 26.7. The number of rotatable bonds is 9. The Kier molecular flexibility index (Phi) is 7.81. The van der Waals surface area contributed by atoms with Crippen LogP contribution in [0, 0.1) is 45.3 Å². The largest absolute Gasteiger partial charge is 0.393 e. The molecule has 6 fully saturated rings. The lowest BCUT2D eigenvalue weighted by Crippen LogP contribution is -2.56. The summed E-state index contributed by atoms with van der Waals surface area (Å²) in [6, 6.07) is 0. The van der Waals surface area contributed by atoms with Gasteiger partial charge in [-0.25, -0.2) is 0 Å². The van der Waals surface area contributed by atoms with Crippen molar-refractivity contribution in [3.05, 3.63) is 0 Å². The van der Waals surface area contributed by atoms with E-state index in [0.717, 1.165) is 70.2 Å². The van der Waals surface area contributed by atoms with Crippen LogP contribution in [-0.4, -0.2) is 65.5 Å². The second kappa shape index (κ2) is 10.5. The van der Waals surface area contributed by atoms with E-state index in [2.05, 4.69) is 32.6 Å². The van der Waals surface area contributed by atoms with Crippen molar-refractivity contribution in [2.75, 3.05) is 26.2 Å². The van der Waals surface area contributed by atoms with E-state index < -0.39 is 5.60 Å². The molecule has 40 heavy (non-hydrogen) atoms. The molecule has 10 atom stereocenters. The summed E-state index contributed by atoms with van der Waals surface area (Å²) < 4.78 is 13.0. The lowest BCUT2D eigenvalue weighted by molar-refractivity contribution is -0.245. The fourth-order valence-corrected chi connectivity index (χ4v) is 12.1. The minimum atomic E-state index is -0.576. The molecule has 5 nitrogen and oxygen atoms in total. The van der Waals surface area contributed by atoms with Gasteiger partial charge in [-0.05, 0) is 136 Å². The number of nitrogens with zero attached hydrogens (tertiary/aromatic N) is 1. The van der Waals surface area contributed by atoms with Crippen molar-refractivity contribution in [1.29, 1.82) is 0 Å². The summed E-state index contributed by atoms with van der Waals surface area (Å²) >= 11 is 0. The molecule has 5 heteroatoms. The highest BCUT2D eigenvalue weighted by Gasteiger charge is 2.80. The van der Waals surface area contributed by atoms with Crippen LogP contribution in [0.25, 0.3) is 0 Å². The van der Waals surface area contributed by atoms with Crippen LogP contribution in [-0.2, 0) is 9.47 Å². The molecule has 1 aliphatic heterocycles. The van der Waals surface area contributed by atoms with Crippen molar-refractivity contribution < 1.29 is 19.7 Å². The van der Waals surface area contributed by atoms with Gasteiger partial charge in [0.1, 0.15) is 0 Å². The number of hydrogen-bond acceptors (Lipinski definition) is 5. The summed E-state index contributed by atoms with van der Waals surface area (Å²) in [5, 5.41) is 21.6. The smallest absolute Gasteiger partial charge is 0.170 e. The summed E-state index contributed by atoms with van der Waals surface area (Å²) in [6.45, 7) is 17.6. The molecule has 0 aromatic rings. The van der Waals surface area contributed by atoms with Gasteiger partial charge < -0.3 is 19.7 Å². The van der Waals surface area contributed by atoms with Crippen LogP contribution in [0.2, 0.25) is 0 Å². The van der Waals surface area contributed by atoms with Gasteiger partial charge >= 0.3 is 0 Å². The number of aliphatic hydroxyl groups is 2. The van der Waals surface area contributed by atoms with Crippen LogP contribution in [0.5, 0.6) is 0 Å². The van der Waals surface area contributed by atoms with E-state index in [1.807, 2.05) is 13.8 Å². The quantitative estimate of drug-likeness (QED) is 0.305. The number of ether oxygens (including phenoxy) is 2. The summed E-state index contributed by atoms with van der Waals surface area (Å²) in [5.74, 6) is 2.68. The Bertz CT molecular complexity index is 914. The summed E-state index contributed by atoms with van der Waals surface area (Å²) in [7, 11) is 0. The topological polar surface area (TPSA) is 62.2 Å². The first-order valence-corrected chi connectivity index (χ1v) is 17.3. The zero-order chi connectivity index (χ0) is 28.6. The number of fused-ring (bicyclic) bond motifs is 2. The van der Waals surface area contributed by atoms with Gasteiger partial charge in [-0.1, -0.05) is 40.5 Å². The average Bonchev–Trinajstić information content (AvgIpc) is 3.47. The van der Waals surface area contributed by atoms with Crippen LogP contribution in [0.15, 0.2) is 0 Å². The SMILES string of the molecule is CCCN1CCOC(OC2CCC34CC35CCC3(C)C(CCCCC(C)(C)O)C(O)CC3C5CCC4C2(C)C)C1. The molecule has 10 unspecified atom stereocenters. The lowest BCUT2D eigenvalue weighted by Gasteiger charge is -2.60. The molecule has 5 aliphatic carbocycles. The van der Waals surface area contributed by atoms with Crippen molar-refractivity contribution in [3.8, 4) is 0 Å². The Balaban J connectivity index is 1.13. The normalized spacial score (nSPS) is 48.1. The zero-order valence-corrected chi connectivity index (χ0v) is 26.7. The third-order valence-corrected chi connectivity index (χ3v) is 14.0. The lowest BCUT2D eigenvalue weighted by atomic mass is 9.46. The molecule has 0 aromatic heterocycles. The molecule has 2 spiro atoms. The van der Waals surface area contributed by atoms with Gasteiger partial charge in [0, 0.05) is 13.1 Å². The van der Waals surface area contributed by atoms with E-state index >= 15 is 0 Å². The van der Waals surface area contributed by atoms with Gasteiger partial charge in [0.15, 0.2) is 6.29 Å². The number of aliphatic hydroxyl groups excluding tert-OH is 1. The Morgan fingerprint density at radius 1 is 1.00 bits per heavy atom. The first kappa shape index (κ1) is 29.9. The highest BCUT2D eigenvalue weighted by Crippen LogP contribution is 2.87. The molecule has 0 amide bonds. The van der Waals surface area contributed by atoms with Gasteiger partial charge in [0.2, 0.25) is 0 Å². The predicted octanol–water partition coefficient (Wildman–Crippen LogP) is 6.79. The van der Waals surface area contributed by atoms with E-state index in [9.17, 15) is 10.2 Å². The number of morpholine rings is 1. The second-order valence-electron chi connectivity index (χ2n) is 16.9. The highest BCUT2D eigenvalue weighted by molar-refractivity contribution is 5.29. The third kappa shape index (κ3) is 4.75. The minimum Gasteiger partial charge on any atom is -0.393 e. The molecule has 0 radical (unpaired) electrons. The summed E-state index contributed by atoms with van der Waals surface area (Å²) in [5.41, 5.74) is 0.934. The maximum Gasteiger partial charge on any atom is 0.170 e. The van der Waals surface area contributed by atoms with E-state index in [1.165, 1.54) is 51.4 Å². The van der Waals surface area contributed by atoms with Crippen LogP contribution in [0.4, 0.5) is 0 Å². The number of hydrogen-bond donors (Lipinski definition) is 2. The molecule has 0 bridgehead atoms. The maximum atomic E-state index is 11.4. The number of unbranched alkanes of at least 4 members (excludes halogenated alkanes) is 1. The van der Waals surface area contributed by atoms with Crippen molar-refractivity contribution in [2.24, 2.45) is 45.3 Å². The molecule has 5 saturated carbocycles. The van der Waals surface area contributed by atoms with E-state index in [1.54, 1.807) is 0 Å². The molecule has 230 valence electrons. The van der Waals surface area contributed by atoms with Gasteiger partial charge in [-0.2, -0.15) is 0 Å². The standard InChI is InChI=1S/C35H61NO4/c1-7-18-36-19-20-39-30(22-36)40-29-13-15-35-23-34(35)17-16-33(6)25(10-8-9-14-31(2,3)38)27(37)21-26(33)24(34)11-12-28(35)32(29,4)5/h24-30,37-38H,7-23H2,1-6H3. The first-order chi connectivity index (χ1) is 18.9. The van der Waals surface area contributed by atoms with Crippen LogP contribution < -0.4 is 0 Å². The van der Waals surface area contributed by atoms with Gasteiger partial charge in [-0.15, -0.1) is 0 Å². The van der Waals surface area contributed by atoms with Crippen molar-refractivity contribution in [3.63, 3.8) is 0 Å². The van der Waals surface area contributed by atoms with Crippen LogP contribution >= 0.6 is 0 Å². The fourth-order valence-electron chi connectivity index (χ4n) is 12.1. The third-order valence-electron chi connectivity index (χ3n) is 14.0. The van der Waals surface area contributed by atoms with E-state index in [-0.39, 0.29) is 17.8 Å². The predicted molar refractivity (Wildman–Crippen MR) is 160 cm³/mol. The Hall–Kier alpha value is -0.200. The highest BCUT2D eigenvalue weighted by atomic mass is 16.7. The van der Waals surface area contributed by atoms with E-state index in [0.29, 0.717) is 34.2 Å². The molecule has 1 saturated heterocycles. The van der Waals surface area contributed by atoms with E-state index in [4.69, 9.17) is 9.47 Å². The van der Waals surface area contributed by atoms with Gasteiger partial charge in [-0.3, -0.25) is 4.90 Å². The van der Waals surface area contributed by atoms with Crippen molar-refractivity contribution in [2.45, 2.75) is 149 Å². The average molecular weight is 560 g/mol. The molecule has 6 rings (SSSR count). The fraction of sp³-hybridized carbons (Fsp3) is 1.00. The molecular formula is C35H61NO4. The first-order valence-electron chi connectivity index (χ1n) is 17.3. The second-order valence-corrected chi connectivity index (χ2v) is 16.9. The molecule has 0 aromatic carbocycles. The molecule has 2 N–H and O–H groups in total. The van der Waals surface area contributed by atoms with Gasteiger partial charge in [0.05, 0.1) is 24.4 Å². The summed E-state index contributed by atoms with van der Waals surface area (Å²) in [4.78, 5) is 2.52. The van der Waals surface area contributed by atoms with Crippen molar-refractivity contribution >= 4 is 0 Å². The Morgan fingerprint density at radius 2 is 1.80 bits per heavy atom. The van der Waals surface area contributed by atoms with Crippen LogP contribution in [0.1, 0.15) is 125 Å². The van der Waals surface area contributed by atoms with Gasteiger partial charge in [0.25, 0.3) is 0 Å². The maximum absolute atomic E-state index is 11.4. The Morgan fingerprint density at radius 3 is 2.55 bits per heavy atom. The molecule has 6 aliphatic rings. The molecular weight excluding hydrogens is 498 g/mol. The van der Waals surface area contributed by atoms with Crippen molar-refractivity contribution in [1.82, 2.24) is 4.90 Å².